The maximum absolute atomic E-state index is 12.8. The number of amides is 2. The molecule has 0 spiro atoms. The molecular formula is C22H23N5O4S. The van der Waals surface area contributed by atoms with Gasteiger partial charge in [-0.05, 0) is 60.9 Å². The standard InChI is InChI=1S/C22H23N5O4S/c1-31-19-13-15(9-11-23-19)18-8-5-14-3-2-4-17(14)21(18)24-22(28)26-32(29,30)20-10-12-27(25-20)16-6-7-16/h5,8-13,16H,2-4,6-7H2,1H3,(H2,24,26,28). The monoisotopic (exact) mass is 453 g/mol. The molecule has 0 saturated heterocycles. The van der Waals surface area contributed by atoms with Crippen LogP contribution in [0.2, 0.25) is 0 Å². The predicted octanol–water partition coefficient (Wildman–Crippen LogP) is 3.29. The number of aromatic nitrogens is 3. The number of fused-ring (bicyclic) bond motifs is 1. The average molecular weight is 454 g/mol. The van der Waals surface area contributed by atoms with Gasteiger partial charge in [-0.2, -0.15) is 13.5 Å². The van der Waals surface area contributed by atoms with Crippen LogP contribution < -0.4 is 14.8 Å². The maximum atomic E-state index is 12.8. The Hall–Kier alpha value is -3.40. The molecule has 0 radical (unpaired) electrons. The molecule has 2 aliphatic carbocycles. The second-order valence-corrected chi connectivity index (χ2v) is 9.62. The van der Waals surface area contributed by atoms with Gasteiger partial charge in [-0.1, -0.05) is 12.1 Å². The summed E-state index contributed by atoms with van der Waals surface area (Å²) in [7, 11) is -2.55. The van der Waals surface area contributed by atoms with E-state index in [9.17, 15) is 13.2 Å². The minimum absolute atomic E-state index is 0.170. The van der Waals surface area contributed by atoms with Crippen molar-refractivity contribution in [2.24, 2.45) is 0 Å². The Labute approximate surface area is 185 Å². The summed E-state index contributed by atoms with van der Waals surface area (Å²) in [6.07, 6.45) is 7.93. The summed E-state index contributed by atoms with van der Waals surface area (Å²) >= 11 is 0. The van der Waals surface area contributed by atoms with Gasteiger partial charge < -0.3 is 10.1 Å². The van der Waals surface area contributed by atoms with Crippen LogP contribution in [0.25, 0.3) is 11.1 Å². The molecule has 0 unspecified atom stereocenters. The summed E-state index contributed by atoms with van der Waals surface area (Å²) in [4.78, 5) is 16.9. The Morgan fingerprint density at radius 3 is 2.81 bits per heavy atom. The number of urea groups is 1. The Morgan fingerprint density at radius 2 is 2.03 bits per heavy atom. The van der Waals surface area contributed by atoms with Gasteiger partial charge in [0.2, 0.25) is 5.88 Å². The number of methoxy groups -OCH3 is 1. The van der Waals surface area contributed by atoms with Crippen LogP contribution in [0.3, 0.4) is 0 Å². The zero-order valence-electron chi connectivity index (χ0n) is 17.5. The quantitative estimate of drug-likeness (QED) is 0.592. The fourth-order valence-electron chi connectivity index (χ4n) is 4.06. The summed E-state index contributed by atoms with van der Waals surface area (Å²) in [6.45, 7) is 0. The first-order chi connectivity index (χ1) is 15.4. The van der Waals surface area contributed by atoms with E-state index in [1.807, 2.05) is 12.1 Å². The van der Waals surface area contributed by atoms with E-state index in [1.165, 1.54) is 13.2 Å². The van der Waals surface area contributed by atoms with Crippen molar-refractivity contribution in [1.29, 1.82) is 0 Å². The number of aryl methyl sites for hydroxylation is 1. The number of anilines is 1. The molecular weight excluding hydrogens is 430 g/mol. The average Bonchev–Trinajstić information content (AvgIpc) is 3.29. The number of ether oxygens (including phenoxy) is 1. The predicted molar refractivity (Wildman–Crippen MR) is 118 cm³/mol. The largest absolute Gasteiger partial charge is 0.481 e. The second-order valence-electron chi connectivity index (χ2n) is 7.99. The fraction of sp³-hybridized carbons (Fsp3) is 0.318. The van der Waals surface area contributed by atoms with E-state index in [2.05, 4.69) is 26.2 Å². The molecule has 166 valence electrons. The SMILES string of the molecule is COc1cc(-c2ccc3c(c2NC(=O)NS(=O)(=O)c2ccn(C4CC4)n2)CCC3)ccn1. The molecule has 2 aromatic heterocycles. The maximum Gasteiger partial charge on any atom is 0.333 e. The number of hydrogen-bond donors (Lipinski definition) is 2. The molecule has 2 N–H and O–H groups in total. The normalized spacial score (nSPS) is 15.3. The lowest BCUT2D eigenvalue weighted by Crippen LogP contribution is -2.35. The molecule has 2 amide bonds. The summed E-state index contributed by atoms with van der Waals surface area (Å²) in [5.41, 5.74) is 4.36. The van der Waals surface area contributed by atoms with Crippen LogP contribution in [0.5, 0.6) is 5.88 Å². The summed E-state index contributed by atoms with van der Waals surface area (Å²) < 4.78 is 34.3. The molecule has 1 fully saturated rings. The lowest BCUT2D eigenvalue weighted by Gasteiger charge is -2.17. The zero-order valence-corrected chi connectivity index (χ0v) is 18.4. The molecule has 3 aromatic rings. The van der Waals surface area contributed by atoms with Gasteiger partial charge in [0.1, 0.15) is 0 Å². The number of hydrogen-bond acceptors (Lipinski definition) is 6. The first kappa shape index (κ1) is 20.5. The van der Waals surface area contributed by atoms with Crippen molar-refractivity contribution in [2.75, 3.05) is 12.4 Å². The molecule has 0 aliphatic heterocycles. The Morgan fingerprint density at radius 1 is 1.19 bits per heavy atom. The van der Waals surface area contributed by atoms with Crippen molar-refractivity contribution in [3.63, 3.8) is 0 Å². The van der Waals surface area contributed by atoms with Gasteiger partial charge in [0.25, 0.3) is 10.0 Å². The minimum Gasteiger partial charge on any atom is -0.481 e. The van der Waals surface area contributed by atoms with Gasteiger partial charge in [-0.15, -0.1) is 0 Å². The van der Waals surface area contributed by atoms with Gasteiger partial charge in [0.15, 0.2) is 5.03 Å². The van der Waals surface area contributed by atoms with Gasteiger partial charge in [-0.3, -0.25) is 4.68 Å². The third-order valence-electron chi connectivity index (χ3n) is 5.78. The first-order valence-electron chi connectivity index (χ1n) is 10.5. The molecule has 10 heteroatoms. The van der Waals surface area contributed by atoms with Crippen LogP contribution in [0.15, 0.2) is 47.8 Å². The van der Waals surface area contributed by atoms with Crippen molar-refractivity contribution in [3.8, 4) is 17.0 Å². The molecule has 2 heterocycles. The molecule has 32 heavy (non-hydrogen) atoms. The van der Waals surface area contributed by atoms with Crippen LogP contribution in [0.4, 0.5) is 10.5 Å². The van der Waals surface area contributed by atoms with E-state index < -0.39 is 16.1 Å². The topological polar surface area (TPSA) is 115 Å². The molecule has 9 nitrogen and oxygen atoms in total. The van der Waals surface area contributed by atoms with Gasteiger partial charge in [0, 0.05) is 24.0 Å². The number of sulfonamides is 1. The summed E-state index contributed by atoms with van der Waals surface area (Å²) in [6, 6.07) is 8.41. The molecule has 1 saturated carbocycles. The van der Waals surface area contributed by atoms with Gasteiger partial charge in [0.05, 0.1) is 18.8 Å². The zero-order chi connectivity index (χ0) is 22.3. The Kier molecular flexibility index (Phi) is 5.09. The number of carbonyl (C=O) groups is 1. The third kappa shape index (κ3) is 3.93. The highest BCUT2D eigenvalue weighted by atomic mass is 32.2. The highest BCUT2D eigenvalue weighted by Gasteiger charge is 2.28. The van der Waals surface area contributed by atoms with E-state index in [-0.39, 0.29) is 11.1 Å². The fourth-order valence-corrected chi connectivity index (χ4v) is 4.90. The van der Waals surface area contributed by atoms with E-state index in [0.29, 0.717) is 11.6 Å². The summed E-state index contributed by atoms with van der Waals surface area (Å²) in [5.74, 6) is 0.451. The number of pyridine rings is 1. The smallest absolute Gasteiger partial charge is 0.333 e. The van der Waals surface area contributed by atoms with Crippen molar-refractivity contribution < 1.29 is 17.9 Å². The van der Waals surface area contributed by atoms with Crippen LogP contribution >= 0.6 is 0 Å². The number of nitrogens with zero attached hydrogens (tertiary/aromatic N) is 3. The van der Waals surface area contributed by atoms with Crippen molar-refractivity contribution in [1.82, 2.24) is 19.5 Å². The first-order valence-corrected chi connectivity index (χ1v) is 12.0. The molecule has 1 aromatic carbocycles. The number of carbonyl (C=O) groups excluding carboxylic acids is 1. The minimum atomic E-state index is -4.09. The van der Waals surface area contributed by atoms with Crippen molar-refractivity contribution in [3.05, 3.63) is 53.9 Å². The Balaban J connectivity index is 1.43. The lowest BCUT2D eigenvalue weighted by molar-refractivity contribution is 0.256. The highest BCUT2D eigenvalue weighted by molar-refractivity contribution is 7.90. The van der Waals surface area contributed by atoms with Crippen molar-refractivity contribution >= 4 is 21.7 Å². The van der Waals surface area contributed by atoms with Gasteiger partial charge >= 0.3 is 6.03 Å². The van der Waals surface area contributed by atoms with Crippen molar-refractivity contribution in [2.45, 2.75) is 43.2 Å². The molecule has 5 rings (SSSR count). The van der Waals surface area contributed by atoms with Gasteiger partial charge in [-0.25, -0.2) is 14.5 Å². The van der Waals surface area contributed by atoms with Crippen LogP contribution in [0.1, 0.15) is 36.4 Å². The van der Waals surface area contributed by atoms with E-state index >= 15 is 0 Å². The number of rotatable bonds is 6. The third-order valence-corrected chi connectivity index (χ3v) is 7.01. The number of nitrogens with one attached hydrogen (secondary N) is 2. The Bertz CT molecular complexity index is 1300. The molecule has 0 bridgehead atoms. The van der Waals surface area contributed by atoms with E-state index in [1.54, 1.807) is 23.1 Å². The molecule has 2 aliphatic rings. The summed E-state index contributed by atoms with van der Waals surface area (Å²) in [5, 5.41) is 6.73. The number of benzene rings is 1. The van der Waals surface area contributed by atoms with Crippen LogP contribution in [-0.2, 0) is 22.9 Å². The van der Waals surface area contributed by atoms with E-state index in [4.69, 9.17) is 4.74 Å². The van der Waals surface area contributed by atoms with Crippen LogP contribution in [-0.4, -0.2) is 36.3 Å². The lowest BCUT2D eigenvalue weighted by atomic mass is 9.98. The molecule has 0 atom stereocenters. The van der Waals surface area contributed by atoms with E-state index in [0.717, 1.165) is 54.4 Å². The highest BCUT2D eigenvalue weighted by Crippen LogP contribution is 2.38. The van der Waals surface area contributed by atoms with Crippen LogP contribution in [0, 0.1) is 0 Å². The second kappa shape index (κ2) is 7.94.